The first-order valence-electron chi connectivity index (χ1n) is 6.67. The molecular weight excluding hydrogens is 486 g/mol. The van der Waals surface area contributed by atoms with Crippen molar-refractivity contribution >= 4 is 41.2 Å². The van der Waals surface area contributed by atoms with Gasteiger partial charge in [0.05, 0.1) is 0 Å². The molecule has 0 radical (unpaired) electrons. The molecule has 0 aliphatic carbocycles. The van der Waals surface area contributed by atoms with E-state index in [1.807, 2.05) is 0 Å². The van der Waals surface area contributed by atoms with Crippen LogP contribution in [0.4, 0.5) is 43.9 Å². The van der Waals surface area contributed by atoms with Crippen molar-refractivity contribution in [2.45, 2.75) is 11.5 Å². The molecule has 0 saturated carbocycles. The second-order valence-corrected chi connectivity index (χ2v) is 10.8. The lowest BCUT2D eigenvalue weighted by atomic mass is 10.2. The summed E-state index contributed by atoms with van der Waals surface area (Å²) in [5, 5.41) is 0. The first-order valence-corrected chi connectivity index (χ1v) is 11.8. The second-order valence-electron chi connectivity index (χ2n) is 4.76. The molecule has 2 rings (SSSR count). The first-order chi connectivity index (χ1) is 13.1. The Morgan fingerprint density at radius 1 is 0.357 bits per heavy atom. The molecule has 0 aliphatic rings. The minimum absolute atomic E-state index is 0.632. The van der Waals surface area contributed by atoms with Gasteiger partial charge in [-0.25, -0.2) is 43.9 Å². The van der Waals surface area contributed by atoms with Crippen LogP contribution in [-0.4, -0.2) is 0 Å². The van der Waals surface area contributed by atoms with E-state index in [1.54, 1.807) is 0 Å². The van der Waals surface area contributed by atoms with E-state index in [1.165, 1.54) is 0 Å². The third-order valence-electron chi connectivity index (χ3n) is 3.13. The van der Waals surface area contributed by atoms with Crippen LogP contribution in [0.3, 0.4) is 0 Å². The summed E-state index contributed by atoms with van der Waals surface area (Å²) < 4.78 is 132. The van der Waals surface area contributed by atoms with E-state index in [9.17, 15) is 43.9 Å². The molecule has 0 N–H and O–H groups in total. The van der Waals surface area contributed by atoms with Crippen LogP contribution in [0.5, 0.6) is 0 Å². The van der Waals surface area contributed by atoms with Gasteiger partial charge in [0.25, 0.3) is 0 Å². The van der Waals surface area contributed by atoms with Gasteiger partial charge >= 0.3 is 0 Å². The Morgan fingerprint density at radius 3 is 0.821 bits per heavy atom. The van der Waals surface area contributed by atoms with Crippen LogP contribution in [0, 0.1) is 58.2 Å². The van der Waals surface area contributed by atoms with Gasteiger partial charge in [-0.05, 0) is 19.7 Å². The quantitative estimate of drug-likeness (QED) is 0.130. The summed E-state index contributed by atoms with van der Waals surface area (Å²) in [5.74, 6) is -22.1. The average Bonchev–Trinajstić information content (AvgIpc) is 2.68. The molecule has 0 fully saturated rings. The van der Waals surface area contributed by atoms with Gasteiger partial charge < -0.3 is 0 Å². The summed E-state index contributed by atoms with van der Waals surface area (Å²) in [6, 6.07) is 0. The molecule has 154 valence electrons. The van der Waals surface area contributed by atoms with Crippen LogP contribution in [0.2, 0.25) is 0 Å². The zero-order valence-corrected chi connectivity index (χ0v) is 16.1. The van der Waals surface area contributed by atoms with E-state index < -0.39 is 80.8 Å². The van der Waals surface area contributed by atoms with Crippen molar-refractivity contribution in [1.82, 2.24) is 0 Å². The Hall–Kier alpha value is -0.860. The Kier molecular flexibility index (Phi) is 8.16. The van der Waals surface area contributed by atoms with Crippen molar-refractivity contribution in [3.8, 4) is 0 Å². The lowest BCUT2D eigenvalue weighted by Gasteiger charge is -2.08. The van der Waals surface area contributed by atoms with E-state index in [0.29, 0.717) is 21.6 Å². The standard InChI is InChI=1S/C14H4F10S4/c15-5-3(6(16)10(20)13(23)9(5)19)1-25-27-28-26-2-4-7(17)11(21)14(24)12(22)8(4)18/h1-2H2. The number of hydrogen-bond donors (Lipinski definition) is 0. The molecule has 0 aromatic heterocycles. The maximum absolute atomic E-state index is 13.5. The molecule has 0 spiro atoms. The van der Waals surface area contributed by atoms with Gasteiger partial charge in [0.15, 0.2) is 46.5 Å². The smallest absolute Gasteiger partial charge is 0.200 e. The molecule has 14 heteroatoms. The molecule has 0 amide bonds. The third-order valence-corrected chi connectivity index (χ3v) is 9.38. The molecule has 2 aromatic carbocycles. The summed E-state index contributed by atoms with van der Waals surface area (Å²) in [6.07, 6.45) is 0. The van der Waals surface area contributed by atoms with E-state index in [2.05, 4.69) is 0 Å². The highest BCUT2D eigenvalue weighted by Gasteiger charge is 2.26. The lowest BCUT2D eigenvalue weighted by Crippen LogP contribution is -2.06. The zero-order chi connectivity index (χ0) is 21.2. The summed E-state index contributed by atoms with van der Waals surface area (Å²) in [5.41, 5.74) is -2.11. The Balaban J connectivity index is 1.93. The molecule has 0 nitrogen and oxygen atoms in total. The third kappa shape index (κ3) is 4.65. The molecule has 0 atom stereocenters. The SMILES string of the molecule is Fc1c(F)c(F)c(CSSSSCc2c(F)c(F)c(F)c(F)c2F)c(F)c1F. The van der Waals surface area contributed by atoms with Crippen molar-refractivity contribution < 1.29 is 43.9 Å². The van der Waals surface area contributed by atoms with Gasteiger partial charge in [0.1, 0.15) is 0 Å². The molecule has 2 aromatic rings. The predicted molar refractivity (Wildman–Crippen MR) is 90.2 cm³/mol. The zero-order valence-electron chi connectivity index (χ0n) is 12.8. The fourth-order valence-corrected chi connectivity index (χ4v) is 7.60. The van der Waals surface area contributed by atoms with Crippen molar-refractivity contribution in [3.63, 3.8) is 0 Å². The van der Waals surface area contributed by atoms with E-state index in [0.717, 1.165) is 19.7 Å². The fourth-order valence-electron chi connectivity index (χ4n) is 1.76. The van der Waals surface area contributed by atoms with Gasteiger partial charge in [-0.1, -0.05) is 21.6 Å². The first kappa shape index (κ1) is 23.4. The molecule has 0 saturated heterocycles. The number of rotatable bonds is 7. The Bertz CT molecular complexity index is 773. The van der Waals surface area contributed by atoms with Gasteiger partial charge in [-0.15, -0.1) is 0 Å². The normalized spacial score (nSPS) is 11.4. The van der Waals surface area contributed by atoms with Crippen LogP contribution in [0.1, 0.15) is 11.1 Å². The van der Waals surface area contributed by atoms with Crippen LogP contribution in [0.25, 0.3) is 0 Å². The summed E-state index contributed by atoms with van der Waals surface area (Å²) in [7, 11) is 2.76. The van der Waals surface area contributed by atoms with Gasteiger partial charge in [0, 0.05) is 22.6 Å². The maximum atomic E-state index is 13.5. The van der Waals surface area contributed by atoms with Gasteiger partial charge in [0.2, 0.25) is 11.6 Å². The van der Waals surface area contributed by atoms with Gasteiger partial charge in [-0.2, -0.15) is 0 Å². The highest BCUT2D eigenvalue weighted by molar-refractivity contribution is 9.25. The van der Waals surface area contributed by atoms with E-state index in [-0.39, 0.29) is 0 Å². The lowest BCUT2D eigenvalue weighted by molar-refractivity contribution is 0.372. The predicted octanol–water partition coefficient (Wildman–Crippen LogP) is 7.46. The minimum atomic E-state index is -2.29. The number of halogens is 10. The van der Waals surface area contributed by atoms with Crippen molar-refractivity contribution in [3.05, 3.63) is 69.3 Å². The number of hydrogen-bond acceptors (Lipinski definition) is 4. The summed E-state index contributed by atoms with van der Waals surface area (Å²) in [6.45, 7) is 0. The highest BCUT2D eigenvalue weighted by atomic mass is 33.7. The van der Waals surface area contributed by atoms with Crippen molar-refractivity contribution in [2.24, 2.45) is 0 Å². The highest BCUT2D eigenvalue weighted by Crippen LogP contribution is 2.46. The summed E-state index contributed by atoms with van der Waals surface area (Å²) >= 11 is 0. The van der Waals surface area contributed by atoms with Crippen LogP contribution in [-0.2, 0) is 11.5 Å². The Labute approximate surface area is 166 Å². The molecule has 0 bridgehead atoms. The molecule has 0 unspecified atom stereocenters. The van der Waals surface area contributed by atoms with E-state index >= 15 is 0 Å². The molecule has 28 heavy (non-hydrogen) atoms. The fraction of sp³-hybridized carbons (Fsp3) is 0.143. The van der Waals surface area contributed by atoms with Crippen LogP contribution in [0.15, 0.2) is 0 Å². The molecule has 0 heterocycles. The van der Waals surface area contributed by atoms with Crippen LogP contribution < -0.4 is 0 Å². The molecule has 0 aliphatic heterocycles. The monoisotopic (exact) mass is 490 g/mol. The maximum Gasteiger partial charge on any atom is 0.200 e. The topological polar surface area (TPSA) is 0 Å². The van der Waals surface area contributed by atoms with Crippen molar-refractivity contribution in [2.75, 3.05) is 0 Å². The summed E-state index contributed by atoms with van der Waals surface area (Å²) in [4.78, 5) is 0. The molecular formula is C14H4F10S4. The average molecular weight is 490 g/mol. The second kappa shape index (κ2) is 9.76. The minimum Gasteiger partial charge on any atom is -0.203 e. The largest absolute Gasteiger partial charge is 0.203 e. The Morgan fingerprint density at radius 2 is 0.571 bits per heavy atom. The number of benzene rings is 2. The van der Waals surface area contributed by atoms with Crippen molar-refractivity contribution in [1.29, 1.82) is 0 Å². The van der Waals surface area contributed by atoms with Crippen LogP contribution >= 0.6 is 41.2 Å². The van der Waals surface area contributed by atoms with E-state index in [4.69, 9.17) is 0 Å². The van der Waals surface area contributed by atoms with Gasteiger partial charge in [-0.3, -0.25) is 0 Å².